The van der Waals surface area contributed by atoms with Crippen LogP contribution in [0.3, 0.4) is 0 Å². The number of aryl methyl sites for hydroxylation is 1. The Morgan fingerprint density at radius 3 is 2.23 bits per heavy atom. The van der Waals surface area contributed by atoms with Crippen LogP contribution in [-0.4, -0.2) is 15.9 Å². The van der Waals surface area contributed by atoms with Gasteiger partial charge < -0.3 is 5.73 Å². The molecule has 0 aliphatic carbocycles. The van der Waals surface area contributed by atoms with Crippen LogP contribution in [0.5, 0.6) is 0 Å². The SMILES string of the molecule is Cc1cc(-c2ccc(C(N)=O)cc2)nc(-c2ccccc2)n1. The minimum Gasteiger partial charge on any atom is -0.366 e. The number of benzene rings is 2. The third-order valence-corrected chi connectivity index (χ3v) is 3.35. The van der Waals surface area contributed by atoms with E-state index >= 15 is 0 Å². The number of carbonyl (C=O) groups excluding carboxylic acids is 1. The summed E-state index contributed by atoms with van der Waals surface area (Å²) >= 11 is 0. The first kappa shape index (κ1) is 13.9. The molecule has 0 fully saturated rings. The van der Waals surface area contributed by atoms with Crippen molar-refractivity contribution in [3.05, 3.63) is 71.9 Å². The molecule has 1 heterocycles. The smallest absolute Gasteiger partial charge is 0.248 e. The Kier molecular flexibility index (Phi) is 3.66. The van der Waals surface area contributed by atoms with Crippen LogP contribution < -0.4 is 5.73 Å². The second-order valence-corrected chi connectivity index (χ2v) is 5.03. The van der Waals surface area contributed by atoms with Crippen molar-refractivity contribution < 1.29 is 4.79 Å². The highest BCUT2D eigenvalue weighted by Crippen LogP contribution is 2.22. The Labute approximate surface area is 128 Å². The molecule has 0 saturated carbocycles. The maximum Gasteiger partial charge on any atom is 0.248 e. The maximum atomic E-state index is 11.1. The highest BCUT2D eigenvalue weighted by molar-refractivity contribution is 5.93. The highest BCUT2D eigenvalue weighted by atomic mass is 16.1. The molecule has 0 atom stereocenters. The van der Waals surface area contributed by atoms with Crippen LogP contribution in [0.1, 0.15) is 16.1 Å². The van der Waals surface area contributed by atoms with Gasteiger partial charge in [-0.1, -0.05) is 42.5 Å². The third-order valence-electron chi connectivity index (χ3n) is 3.35. The van der Waals surface area contributed by atoms with E-state index < -0.39 is 5.91 Å². The predicted molar refractivity (Wildman–Crippen MR) is 86.2 cm³/mol. The van der Waals surface area contributed by atoms with Crippen molar-refractivity contribution >= 4 is 5.91 Å². The largest absolute Gasteiger partial charge is 0.366 e. The van der Waals surface area contributed by atoms with Gasteiger partial charge in [0.1, 0.15) is 0 Å². The first-order valence-electron chi connectivity index (χ1n) is 6.95. The van der Waals surface area contributed by atoms with Gasteiger partial charge >= 0.3 is 0 Å². The fourth-order valence-corrected chi connectivity index (χ4v) is 2.24. The summed E-state index contributed by atoms with van der Waals surface area (Å²) < 4.78 is 0. The molecule has 3 rings (SSSR count). The van der Waals surface area contributed by atoms with E-state index in [9.17, 15) is 4.79 Å². The lowest BCUT2D eigenvalue weighted by atomic mass is 10.1. The number of nitrogens with two attached hydrogens (primary N) is 1. The summed E-state index contributed by atoms with van der Waals surface area (Å²) in [5, 5.41) is 0. The van der Waals surface area contributed by atoms with E-state index in [4.69, 9.17) is 5.73 Å². The summed E-state index contributed by atoms with van der Waals surface area (Å²) in [4.78, 5) is 20.3. The zero-order chi connectivity index (χ0) is 15.5. The van der Waals surface area contributed by atoms with E-state index in [0.29, 0.717) is 11.4 Å². The standard InChI is InChI=1S/C18H15N3O/c1-12-11-16(13-7-9-14(10-8-13)17(19)22)21-18(20-12)15-5-3-2-4-6-15/h2-11H,1H3,(H2,19,22). The summed E-state index contributed by atoms with van der Waals surface area (Å²) in [6.45, 7) is 1.94. The molecule has 0 saturated heterocycles. The lowest BCUT2D eigenvalue weighted by Crippen LogP contribution is -2.10. The predicted octanol–water partition coefficient (Wildman–Crippen LogP) is 3.22. The number of hydrogen-bond donors (Lipinski definition) is 1. The van der Waals surface area contributed by atoms with Gasteiger partial charge in [-0.3, -0.25) is 4.79 Å². The number of primary amides is 1. The molecule has 0 aliphatic heterocycles. The van der Waals surface area contributed by atoms with Crippen LogP contribution in [0.15, 0.2) is 60.7 Å². The van der Waals surface area contributed by atoms with Crippen LogP contribution in [0.2, 0.25) is 0 Å². The molecule has 4 heteroatoms. The molecule has 3 aromatic rings. The molecule has 108 valence electrons. The molecule has 1 aromatic heterocycles. The summed E-state index contributed by atoms with van der Waals surface area (Å²) in [7, 11) is 0. The number of rotatable bonds is 3. The normalized spacial score (nSPS) is 10.4. The van der Waals surface area contributed by atoms with Gasteiger partial charge in [0.05, 0.1) is 5.69 Å². The topological polar surface area (TPSA) is 68.9 Å². The molecular formula is C18H15N3O. The molecule has 0 spiro atoms. The Balaban J connectivity index is 2.04. The van der Waals surface area contributed by atoms with Gasteiger partial charge in [-0.2, -0.15) is 0 Å². The summed E-state index contributed by atoms with van der Waals surface area (Å²) in [5.41, 5.74) is 9.36. The van der Waals surface area contributed by atoms with E-state index in [-0.39, 0.29) is 0 Å². The van der Waals surface area contributed by atoms with Gasteiger partial charge in [0.25, 0.3) is 0 Å². The Hall–Kier alpha value is -3.01. The molecule has 22 heavy (non-hydrogen) atoms. The van der Waals surface area contributed by atoms with Gasteiger partial charge in [0.15, 0.2) is 5.82 Å². The highest BCUT2D eigenvalue weighted by Gasteiger charge is 2.07. The molecule has 1 amide bonds. The van der Waals surface area contributed by atoms with Crippen molar-refractivity contribution in [2.24, 2.45) is 5.73 Å². The van der Waals surface area contributed by atoms with Crippen molar-refractivity contribution in [3.63, 3.8) is 0 Å². The van der Waals surface area contributed by atoms with Crippen LogP contribution in [0.25, 0.3) is 22.6 Å². The maximum absolute atomic E-state index is 11.1. The van der Waals surface area contributed by atoms with Gasteiger partial charge in [-0.25, -0.2) is 9.97 Å². The van der Waals surface area contributed by atoms with Crippen molar-refractivity contribution in [1.82, 2.24) is 9.97 Å². The summed E-state index contributed by atoms with van der Waals surface area (Å²) in [6, 6.07) is 18.9. The first-order chi connectivity index (χ1) is 10.6. The molecule has 2 N–H and O–H groups in total. The molecule has 4 nitrogen and oxygen atoms in total. The Morgan fingerprint density at radius 1 is 0.909 bits per heavy atom. The average molecular weight is 289 g/mol. The van der Waals surface area contributed by atoms with Gasteiger partial charge in [-0.15, -0.1) is 0 Å². The van der Waals surface area contributed by atoms with Crippen molar-refractivity contribution in [1.29, 1.82) is 0 Å². The fraction of sp³-hybridized carbons (Fsp3) is 0.0556. The van der Waals surface area contributed by atoms with Crippen molar-refractivity contribution in [3.8, 4) is 22.6 Å². The molecule has 2 aromatic carbocycles. The van der Waals surface area contributed by atoms with Crippen LogP contribution in [-0.2, 0) is 0 Å². The van der Waals surface area contributed by atoms with Gasteiger partial charge in [0, 0.05) is 22.4 Å². The number of hydrogen-bond acceptors (Lipinski definition) is 3. The molecule has 0 aliphatic rings. The van der Waals surface area contributed by atoms with E-state index in [1.54, 1.807) is 12.1 Å². The number of amides is 1. The second kappa shape index (κ2) is 5.77. The van der Waals surface area contributed by atoms with Crippen LogP contribution >= 0.6 is 0 Å². The lowest BCUT2D eigenvalue weighted by molar-refractivity contribution is 0.100. The van der Waals surface area contributed by atoms with Crippen molar-refractivity contribution in [2.45, 2.75) is 6.92 Å². The molecule has 0 unspecified atom stereocenters. The monoisotopic (exact) mass is 289 g/mol. The molecule has 0 radical (unpaired) electrons. The van der Waals surface area contributed by atoms with E-state index in [1.165, 1.54) is 0 Å². The first-order valence-corrected chi connectivity index (χ1v) is 6.95. The van der Waals surface area contributed by atoms with E-state index in [0.717, 1.165) is 22.5 Å². The summed E-state index contributed by atoms with van der Waals surface area (Å²) in [5.74, 6) is 0.255. The molecule has 0 bridgehead atoms. The summed E-state index contributed by atoms with van der Waals surface area (Å²) in [6.07, 6.45) is 0. The lowest BCUT2D eigenvalue weighted by Gasteiger charge is -2.07. The average Bonchev–Trinajstić information content (AvgIpc) is 2.55. The number of nitrogens with zero attached hydrogens (tertiary/aromatic N) is 2. The Bertz CT molecular complexity index is 811. The zero-order valence-corrected chi connectivity index (χ0v) is 12.2. The van der Waals surface area contributed by atoms with E-state index in [1.807, 2.05) is 55.5 Å². The zero-order valence-electron chi connectivity index (χ0n) is 12.2. The quantitative estimate of drug-likeness (QED) is 0.805. The van der Waals surface area contributed by atoms with Crippen LogP contribution in [0.4, 0.5) is 0 Å². The second-order valence-electron chi connectivity index (χ2n) is 5.03. The van der Waals surface area contributed by atoms with Crippen molar-refractivity contribution in [2.75, 3.05) is 0 Å². The number of aromatic nitrogens is 2. The fourth-order valence-electron chi connectivity index (χ4n) is 2.24. The van der Waals surface area contributed by atoms with Gasteiger partial charge in [0.2, 0.25) is 5.91 Å². The minimum atomic E-state index is -0.435. The minimum absolute atomic E-state index is 0.435. The van der Waals surface area contributed by atoms with E-state index in [2.05, 4.69) is 9.97 Å². The Morgan fingerprint density at radius 2 is 1.59 bits per heavy atom. The van der Waals surface area contributed by atoms with Crippen LogP contribution in [0, 0.1) is 6.92 Å². The third kappa shape index (κ3) is 2.86. The number of carbonyl (C=O) groups is 1. The molecular weight excluding hydrogens is 274 g/mol. The van der Waals surface area contributed by atoms with Gasteiger partial charge in [-0.05, 0) is 25.1 Å².